The zero-order valence-corrected chi connectivity index (χ0v) is 17.7. The first-order valence-corrected chi connectivity index (χ1v) is 10.7. The maximum Gasteiger partial charge on any atom is 0.0553 e. The van der Waals surface area contributed by atoms with Crippen LogP contribution in [-0.4, -0.2) is 6.54 Å². The summed E-state index contributed by atoms with van der Waals surface area (Å²) < 4.78 is 2.62. The van der Waals surface area contributed by atoms with E-state index in [1.54, 1.807) is 0 Å². The van der Waals surface area contributed by atoms with Crippen LogP contribution in [0.4, 0.5) is 11.4 Å². The smallest absolute Gasteiger partial charge is 0.0553 e. The molecule has 0 amide bonds. The van der Waals surface area contributed by atoms with Gasteiger partial charge in [0.25, 0.3) is 0 Å². The van der Waals surface area contributed by atoms with Crippen molar-refractivity contribution in [2.24, 2.45) is 0 Å². The molecule has 2 aromatic carbocycles. The first-order chi connectivity index (χ1) is 10.7. The molecule has 1 aliphatic heterocycles. The van der Waals surface area contributed by atoms with Gasteiger partial charge in [0.05, 0.1) is 11.4 Å². The van der Waals surface area contributed by atoms with E-state index in [2.05, 4.69) is 93.4 Å². The molecule has 0 N–H and O–H groups in total. The van der Waals surface area contributed by atoms with Gasteiger partial charge < -0.3 is 4.90 Å². The summed E-state index contributed by atoms with van der Waals surface area (Å²) in [7, 11) is 0. The van der Waals surface area contributed by atoms with E-state index in [1.165, 1.54) is 54.0 Å². The molecule has 0 saturated heterocycles. The average molecular weight is 535 g/mol. The quantitative estimate of drug-likeness (QED) is 0.298. The van der Waals surface area contributed by atoms with Crippen molar-refractivity contribution >= 4 is 68.3 Å². The molecule has 0 radical (unpaired) electrons. The lowest BCUT2D eigenvalue weighted by Gasteiger charge is -2.33. The minimum Gasteiger partial charge on any atom is -0.340 e. The third kappa shape index (κ3) is 3.75. The fourth-order valence-electron chi connectivity index (χ4n) is 2.77. The zero-order chi connectivity index (χ0) is 15.5. The normalized spacial score (nSPS) is 13.0. The monoisotopic (exact) mass is 535 g/mol. The second-order valence-electron chi connectivity index (χ2n) is 5.54. The lowest BCUT2D eigenvalue weighted by Crippen LogP contribution is -2.22. The Kier molecular flexibility index (Phi) is 5.95. The van der Waals surface area contributed by atoms with Crippen LogP contribution in [0.15, 0.2) is 46.2 Å². The lowest BCUT2D eigenvalue weighted by molar-refractivity contribution is 0.665. The van der Waals surface area contributed by atoms with Crippen LogP contribution in [0.25, 0.3) is 0 Å². The molecule has 0 bridgehead atoms. The molecule has 116 valence electrons. The molecule has 1 nitrogen and oxygen atoms in total. The predicted molar refractivity (Wildman–Crippen MR) is 114 cm³/mol. The summed E-state index contributed by atoms with van der Waals surface area (Å²) >= 11 is 6.72. The van der Waals surface area contributed by atoms with E-state index < -0.39 is 0 Å². The van der Waals surface area contributed by atoms with E-state index in [0.717, 1.165) is 6.54 Å². The second-order valence-corrected chi connectivity index (χ2v) is 9.11. The molecule has 0 aromatic heterocycles. The highest BCUT2D eigenvalue weighted by molar-refractivity contribution is 14.1. The second kappa shape index (κ2) is 7.75. The van der Waals surface area contributed by atoms with Gasteiger partial charge in [-0.25, -0.2) is 0 Å². The molecular formula is C18H19I2NS. The Bertz CT molecular complexity index is 621. The van der Waals surface area contributed by atoms with Gasteiger partial charge in [0.2, 0.25) is 0 Å². The Morgan fingerprint density at radius 2 is 1.45 bits per heavy atom. The highest BCUT2D eigenvalue weighted by Crippen LogP contribution is 2.48. The third-order valence-corrected chi connectivity index (χ3v) is 6.32. The van der Waals surface area contributed by atoms with E-state index in [1.807, 2.05) is 11.8 Å². The fourth-order valence-corrected chi connectivity index (χ4v) is 5.35. The fraction of sp³-hybridized carbons (Fsp3) is 0.333. The number of benzene rings is 2. The van der Waals surface area contributed by atoms with Crippen LogP contribution < -0.4 is 4.90 Å². The predicted octanol–water partition coefficient (Wildman–Crippen LogP) is 7.08. The van der Waals surface area contributed by atoms with Gasteiger partial charge >= 0.3 is 0 Å². The maximum absolute atomic E-state index is 2.52. The van der Waals surface area contributed by atoms with Gasteiger partial charge in [0, 0.05) is 23.5 Å². The van der Waals surface area contributed by atoms with Crippen molar-refractivity contribution < 1.29 is 0 Å². The summed E-state index contributed by atoms with van der Waals surface area (Å²) in [6, 6.07) is 13.6. The summed E-state index contributed by atoms with van der Waals surface area (Å²) in [5.41, 5.74) is 2.74. The molecule has 0 unspecified atom stereocenters. The van der Waals surface area contributed by atoms with Crippen LogP contribution in [0.1, 0.15) is 32.6 Å². The van der Waals surface area contributed by atoms with E-state index in [9.17, 15) is 0 Å². The molecule has 0 atom stereocenters. The molecule has 1 heterocycles. The SMILES string of the molecule is CCCCCCN1c2ccc(I)cc2Sc2cc(I)ccc21. The van der Waals surface area contributed by atoms with Gasteiger partial charge in [-0.2, -0.15) is 0 Å². The molecule has 0 aliphatic carbocycles. The number of unbranched alkanes of at least 4 members (excludes halogenated alkanes) is 3. The molecule has 4 heteroatoms. The maximum atomic E-state index is 2.52. The van der Waals surface area contributed by atoms with Gasteiger partial charge in [-0.05, 0) is 88.0 Å². The number of nitrogens with zero attached hydrogens (tertiary/aromatic N) is 1. The zero-order valence-electron chi connectivity index (χ0n) is 12.6. The Morgan fingerprint density at radius 1 is 0.864 bits per heavy atom. The number of hydrogen-bond donors (Lipinski definition) is 0. The highest BCUT2D eigenvalue weighted by atomic mass is 127. The van der Waals surface area contributed by atoms with Crippen LogP contribution >= 0.6 is 56.9 Å². The minimum atomic E-state index is 1.11. The Hall–Kier alpha value is 0.0500. The lowest BCUT2D eigenvalue weighted by atomic mass is 10.1. The van der Waals surface area contributed by atoms with Crippen molar-refractivity contribution in [1.82, 2.24) is 0 Å². The van der Waals surface area contributed by atoms with Crippen LogP contribution in [0.5, 0.6) is 0 Å². The number of hydrogen-bond acceptors (Lipinski definition) is 2. The van der Waals surface area contributed by atoms with E-state index in [0.29, 0.717) is 0 Å². The van der Waals surface area contributed by atoms with Gasteiger partial charge in [-0.15, -0.1) is 0 Å². The van der Waals surface area contributed by atoms with Crippen molar-refractivity contribution in [3.63, 3.8) is 0 Å². The van der Waals surface area contributed by atoms with Crippen molar-refractivity contribution in [1.29, 1.82) is 0 Å². The van der Waals surface area contributed by atoms with E-state index >= 15 is 0 Å². The Morgan fingerprint density at radius 3 is 2.00 bits per heavy atom. The number of fused-ring (bicyclic) bond motifs is 2. The minimum absolute atomic E-state index is 1.11. The molecule has 1 aliphatic rings. The van der Waals surface area contributed by atoms with E-state index in [4.69, 9.17) is 0 Å². The topological polar surface area (TPSA) is 3.24 Å². The summed E-state index contributed by atoms with van der Waals surface area (Å²) in [5.74, 6) is 0. The molecule has 3 rings (SSSR count). The molecular weight excluding hydrogens is 516 g/mol. The molecule has 22 heavy (non-hydrogen) atoms. The molecule has 0 fully saturated rings. The van der Waals surface area contributed by atoms with Crippen molar-refractivity contribution in [2.75, 3.05) is 11.4 Å². The summed E-state index contributed by atoms with van der Waals surface area (Å²) in [6.45, 7) is 3.38. The number of anilines is 2. The summed E-state index contributed by atoms with van der Waals surface area (Å²) in [6.07, 6.45) is 5.20. The summed E-state index contributed by atoms with van der Waals surface area (Å²) in [5, 5.41) is 0. The third-order valence-electron chi connectivity index (χ3n) is 3.88. The van der Waals surface area contributed by atoms with Crippen LogP contribution in [-0.2, 0) is 0 Å². The van der Waals surface area contributed by atoms with Crippen LogP contribution in [0.3, 0.4) is 0 Å². The highest BCUT2D eigenvalue weighted by Gasteiger charge is 2.23. The first-order valence-electron chi connectivity index (χ1n) is 7.73. The number of rotatable bonds is 5. The van der Waals surface area contributed by atoms with Crippen molar-refractivity contribution in [2.45, 2.75) is 42.4 Å². The van der Waals surface area contributed by atoms with Gasteiger partial charge in [-0.1, -0.05) is 37.9 Å². The van der Waals surface area contributed by atoms with Crippen molar-refractivity contribution in [3.05, 3.63) is 43.5 Å². The molecule has 0 saturated carbocycles. The van der Waals surface area contributed by atoms with E-state index in [-0.39, 0.29) is 0 Å². The molecule has 0 spiro atoms. The molecule has 2 aromatic rings. The van der Waals surface area contributed by atoms with Crippen molar-refractivity contribution in [3.8, 4) is 0 Å². The standard InChI is InChI=1S/C18H19I2NS/c1-2-3-4-5-10-21-15-8-6-13(19)11-17(15)22-18-12-14(20)7-9-16(18)21/h6-9,11-12H,2-5,10H2,1H3. The van der Waals surface area contributed by atoms with Crippen LogP contribution in [0, 0.1) is 7.14 Å². The summed E-state index contributed by atoms with van der Waals surface area (Å²) in [4.78, 5) is 5.29. The van der Waals surface area contributed by atoms with Gasteiger partial charge in [-0.3, -0.25) is 0 Å². The van der Waals surface area contributed by atoms with Crippen LogP contribution in [0.2, 0.25) is 0 Å². The largest absolute Gasteiger partial charge is 0.340 e. The van der Waals surface area contributed by atoms with Gasteiger partial charge in [0.1, 0.15) is 0 Å². The first kappa shape index (κ1) is 16.9. The average Bonchev–Trinajstić information content (AvgIpc) is 2.50. The Labute approximate surface area is 164 Å². The Balaban J connectivity index is 1.93. The number of halogens is 2. The van der Waals surface area contributed by atoms with Gasteiger partial charge in [0.15, 0.2) is 0 Å².